The molecule has 2 aromatic rings. The molecule has 0 N–H and O–H groups in total. The number of ether oxygens (including phenoxy) is 2. The molecule has 1 fully saturated rings. The van der Waals surface area contributed by atoms with Gasteiger partial charge < -0.3 is 14.4 Å². The van der Waals surface area contributed by atoms with Crippen LogP contribution in [0.3, 0.4) is 0 Å². The summed E-state index contributed by atoms with van der Waals surface area (Å²) in [6, 6.07) is 10.4. The van der Waals surface area contributed by atoms with E-state index in [0.29, 0.717) is 19.2 Å². The summed E-state index contributed by atoms with van der Waals surface area (Å²) in [5, 5.41) is 2.04. The molecule has 1 aliphatic carbocycles. The lowest BCUT2D eigenvalue weighted by Crippen LogP contribution is -2.40. The molecule has 0 spiro atoms. The van der Waals surface area contributed by atoms with Gasteiger partial charge in [-0.25, -0.2) is 0 Å². The highest BCUT2D eigenvalue weighted by atomic mass is 32.1. The van der Waals surface area contributed by atoms with Gasteiger partial charge in [0.25, 0.3) is 0 Å². The predicted molar refractivity (Wildman–Crippen MR) is 109 cm³/mol. The normalized spacial score (nSPS) is 14.5. The Morgan fingerprint density at radius 3 is 2.63 bits per heavy atom. The third-order valence-electron chi connectivity index (χ3n) is 5.07. The molecule has 1 amide bonds. The highest BCUT2D eigenvalue weighted by molar-refractivity contribution is 7.09. The predicted octanol–water partition coefficient (Wildman–Crippen LogP) is 5.26. The minimum Gasteiger partial charge on any atom is -0.493 e. The van der Waals surface area contributed by atoms with E-state index in [-0.39, 0.29) is 11.8 Å². The van der Waals surface area contributed by atoms with Crippen LogP contribution in [-0.4, -0.2) is 24.0 Å². The molecule has 0 bridgehead atoms. The molecule has 1 heterocycles. The molecule has 0 atom stereocenters. The first-order valence-electron chi connectivity index (χ1n) is 9.71. The lowest BCUT2D eigenvalue weighted by atomic mass is 10.1. The van der Waals surface area contributed by atoms with Crippen LogP contribution < -0.4 is 9.47 Å². The number of methoxy groups -OCH3 is 1. The summed E-state index contributed by atoms with van der Waals surface area (Å²) >= 11 is 1.68. The Morgan fingerprint density at radius 2 is 2.00 bits per heavy atom. The first-order chi connectivity index (χ1) is 13.1. The minimum atomic E-state index is 0.0124. The highest BCUT2D eigenvalue weighted by Crippen LogP contribution is 2.32. The molecule has 3 rings (SSSR count). The molecule has 4 nitrogen and oxygen atoms in total. The van der Waals surface area contributed by atoms with E-state index in [9.17, 15) is 4.79 Å². The number of benzene rings is 1. The van der Waals surface area contributed by atoms with Crippen molar-refractivity contribution in [3.05, 3.63) is 46.2 Å². The maximum absolute atomic E-state index is 12.8. The van der Waals surface area contributed by atoms with Crippen molar-refractivity contribution >= 4 is 17.2 Å². The van der Waals surface area contributed by atoms with E-state index in [1.165, 1.54) is 17.7 Å². The number of hydrogen-bond donors (Lipinski definition) is 0. The fraction of sp³-hybridized carbons (Fsp3) is 0.500. The monoisotopic (exact) mass is 387 g/mol. The smallest absolute Gasteiger partial charge is 0.225 e. The first-order valence-corrected chi connectivity index (χ1v) is 10.6. The highest BCUT2D eigenvalue weighted by Gasteiger charge is 2.28. The van der Waals surface area contributed by atoms with Crippen molar-refractivity contribution in [3.63, 3.8) is 0 Å². The molecule has 5 heteroatoms. The second kappa shape index (κ2) is 9.27. The lowest BCUT2D eigenvalue weighted by Gasteiger charge is -2.31. The van der Waals surface area contributed by atoms with Crippen LogP contribution in [0, 0.1) is 5.92 Å². The Balaban J connectivity index is 1.77. The van der Waals surface area contributed by atoms with E-state index in [1.807, 2.05) is 43.5 Å². The molecule has 1 aromatic carbocycles. The van der Waals surface area contributed by atoms with Crippen molar-refractivity contribution in [1.82, 2.24) is 4.90 Å². The molecule has 0 aliphatic heterocycles. The van der Waals surface area contributed by atoms with Crippen LogP contribution in [0.5, 0.6) is 11.5 Å². The number of carbonyl (C=O) groups is 1. The molecule has 1 aliphatic rings. The number of carbonyl (C=O) groups excluding carboxylic acids is 1. The number of nitrogens with zero attached hydrogens (tertiary/aromatic N) is 1. The van der Waals surface area contributed by atoms with E-state index in [0.717, 1.165) is 29.9 Å². The fourth-order valence-electron chi connectivity index (χ4n) is 3.61. The minimum absolute atomic E-state index is 0.0124. The summed E-state index contributed by atoms with van der Waals surface area (Å²) in [5.41, 5.74) is 1.08. The SMILES string of the molecule is COc1ccc(CN(C(=O)C(C)C)C2CCCC2)cc1OCc1cccs1. The molecule has 27 heavy (non-hydrogen) atoms. The third kappa shape index (κ3) is 5.04. The van der Waals surface area contributed by atoms with Crippen molar-refractivity contribution in [2.45, 2.75) is 58.7 Å². The summed E-state index contributed by atoms with van der Waals surface area (Å²) in [6.45, 7) is 5.11. The van der Waals surface area contributed by atoms with Gasteiger partial charge in [0.05, 0.1) is 7.11 Å². The largest absolute Gasteiger partial charge is 0.493 e. The summed E-state index contributed by atoms with van der Waals surface area (Å²) in [6.07, 6.45) is 4.64. The Morgan fingerprint density at radius 1 is 1.22 bits per heavy atom. The molecular formula is C22H29NO3S. The zero-order valence-electron chi connectivity index (χ0n) is 16.4. The van der Waals surface area contributed by atoms with Crippen LogP contribution in [0.25, 0.3) is 0 Å². The number of hydrogen-bond acceptors (Lipinski definition) is 4. The van der Waals surface area contributed by atoms with Crippen molar-refractivity contribution in [3.8, 4) is 11.5 Å². The average molecular weight is 388 g/mol. The van der Waals surface area contributed by atoms with E-state index in [2.05, 4.69) is 11.0 Å². The van der Waals surface area contributed by atoms with Gasteiger partial charge in [0.1, 0.15) is 6.61 Å². The molecule has 0 unspecified atom stereocenters. The fourth-order valence-corrected chi connectivity index (χ4v) is 4.22. The number of thiophene rings is 1. The Hall–Kier alpha value is -2.01. The van der Waals surface area contributed by atoms with Crippen LogP contribution in [0.4, 0.5) is 0 Å². The summed E-state index contributed by atoms with van der Waals surface area (Å²) < 4.78 is 11.5. The van der Waals surface area contributed by atoms with Crippen molar-refractivity contribution in [2.24, 2.45) is 5.92 Å². The van der Waals surface area contributed by atoms with Gasteiger partial charge in [-0.3, -0.25) is 4.79 Å². The number of amides is 1. The van der Waals surface area contributed by atoms with E-state index >= 15 is 0 Å². The second-order valence-corrected chi connectivity index (χ2v) is 8.44. The van der Waals surface area contributed by atoms with Crippen LogP contribution in [-0.2, 0) is 17.9 Å². The second-order valence-electron chi connectivity index (χ2n) is 7.41. The summed E-state index contributed by atoms with van der Waals surface area (Å²) in [5.74, 6) is 1.70. The lowest BCUT2D eigenvalue weighted by molar-refractivity contribution is -0.137. The maximum Gasteiger partial charge on any atom is 0.225 e. The van der Waals surface area contributed by atoms with Gasteiger partial charge in [-0.1, -0.05) is 38.8 Å². The van der Waals surface area contributed by atoms with Crippen LogP contribution in [0.15, 0.2) is 35.7 Å². The maximum atomic E-state index is 12.8. The summed E-state index contributed by atoms with van der Waals surface area (Å²) in [4.78, 5) is 16.0. The van der Waals surface area contributed by atoms with E-state index in [1.54, 1.807) is 18.4 Å². The van der Waals surface area contributed by atoms with Gasteiger partial charge in [0.15, 0.2) is 11.5 Å². The van der Waals surface area contributed by atoms with Gasteiger partial charge in [-0.2, -0.15) is 0 Å². The number of rotatable bonds is 8. The molecular weight excluding hydrogens is 358 g/mol. The van der Waals surface area contributed by atoms with Gasteiger partial charge >= 0.3 is 0 Å². The molecule has 1 saturated carbocycles. The van der Waals surface area contributed by atoms with Crippen molar-refractivity contribution in [1.29, 1.82) is 0 Å². The van der Waals surface area contributed by atoms with E-state index in [4.69, 9.17) is 9.47 Å². The topological polar surface area (TPSA) is 38.8 Å². The quantitative estimate of drug-likeness (QED) is 0.620. The van der Waals surface area contributed by atoms with Crippen LogP contribution >= 0.6 is 11.3 Å². The van der Waals surface area contributed by atoms with Crippen molar-refractivity contribution in [2.75, 3.05) is 7.11 Å². The summed E-state index contributed by atoms with van der Waals surface area (Å²) in [7, 11) is 1.65. The van der Waals surface area contributed by atoms with Gasteiger partial charge in [-0.15, -0.1) is 11.3 Å². The first kappa shape index (κ1) is 19.7. The zero-order valence-corrected chi connectivity index (χ0v) is 17.3. The Labute approximate surface area is 166 Å². The van der Waals surface area contributed by atoms with Gasteiger partial charge in [-0.05, 0) is 42.0 Å². The van der Waals surface area contributed by atoms with Crippen molar-refractivity contribution < 1.29 is 14.3 Å². The van der Waals surface area contributed by atoms with Gasteiger partial charge in [0, 0.05) is 23.4 Å². The van der Waals surface area contributed by atoms with Gasteiger partial charge in [0.2, 0.25) is 5.91 Å². The molecule has 1 aromatic heterocycles. The van der Waals surface area contributed by atoms with Crippen LogP contribution in [0.2, 0.25) is 0 Å². The standard InChI is InChI=1S/C22H29NO3S/c1-16(2)22(24)23(18-7-4-5-8-18)14-17-10-11-20(25-3)21(13-17)26-15-19-9-6-12-27-19/h6,9-13,16,18H,4-5,7-8,14-15H2,1-3H3. The van der Waals surface area contributed by atoms with Crippen LogP contribution in [0.1, 0.15) is 50.0 Å². The molecule has 146 valence electrons. The Bertz CT molecular complexity index is 736. The third-order valence-corrected chi connectivity index (χ3v) is 5.92. The zero-order chi connectivity index (χ0) is 19.2. The Kier molecular flexibility index (Phi) is 6.78. The average Bonchev–Trinajstić information content (AvgIpc) is 3.37. The molecule has 0 radical (unpaired) electrons. The van der Waals surface area contributed by atoms with E-state index < -0.39 is 0 Å². The molecule has 0 saturated heterocycles.